The van der Waals surface area contributed by atoms with Crippen molar-refractivity contribution in [3.05, 3.63) is 18.0 Å². The summed E-state index contributed by atoms with van der Waals surface area (Å²) in [5, 5.41) is 7.81. The Morgan fingerprint density at radius 3 is 3.06 bits per heavy atom. The lowest BCUT2D eigenvalue weighted by Crippen LogP contribution is -2.27. The molecule has 1 atom stereocenters. The predicted molar refractivity (Wildman–Crippen MR) is 75.0 cm³/mol. The van der Waals surface area contributed by atoms with Crippen LogP contribution < -0.4 is 5.32 Å². The molecule has 1 aliphatic rings. The summed E-state index contributed by atoms with van der Waals surface area (Å²) in [6.07, 6.45) is 4.69. The molecular formula is C13H24ClN3O. The molecule has 1 saturated heterocycles. The van der Waals surface area contributed by atoms with E-state index in [-0.39, 0.29) is 12.4 Å². The molecule has 0 aromatic carbocycles. The summed E-state index contributed by atoms with van der Waals surface area (Å²) in [4.78, 5) is 0. The van der Waals surface area contributed by atoms with E-state index in [1.54, 1.807) is 0 Å². The maximum Gasteiger partial charge on any atom is 0.0700 e. The third-order valence-electron chi connectivity index (χ3n) is 3.04. The van der Waals surface area contributed by atoms with Crippen molar-refractivity contribution in [3.8, 4) is 0 Å². The largest absolute Gasteiger partial charge is 0.377 e. The Balaban J connectivity index is 0.00000162. The fourth-order valence-corrected chi connectivity index (χ4v) is 2.19. The van der Waals surface area contributed by atoms with Crippen molar-refractivity contribution in [2.24, 2.45) is 5.92 Å². The molecule has 1 N–H and O–H groups in total. The van der Waals surface area contributed by atoms with Crippen LogP contribution in [0.5, 0.6) is 0 Å². The van der Waals surface area contributed by atoms with E-state index in [1.165, 1.54) is 18.5 Å². The summed E-state index contributed by atoms with van der Waals surface area (Å²) in [5.41, 5.74) is 1.26. The number of rotatable bonds is 6. The second kappa shape index (κ2) is 7.77. The van der Waals surface area contributed by atoms with Gasteiger partial charge in [-0.15, -0.1) is 12.4 Å². The summed E-state index contributed by atoms with van der Waals surface area (Å²) >= 11 is 0. The average Bonchev–Trinajstić information content (AvgIpc) is 2.90. The summed E-state index contributed by atoms with van der Waals surface area (Å²) in [5.74, 6) is 0.631. The van der Waals surface area contributed by atoms with E-state index in [4.69, 9.17) is 4.74 Å². The van der Waals surface area contributed by atoms with E-state index >= 15 is 0 Å². The minimum atomic E-state index is 0. The van der Waals surface area contributed by atoms with Gasteiger partial charge in [0.1, 0.15) is 0 Å². The van der Waals surface area contributed by atoms with E-state index in [2.05, 4.69) is 35.0 Å². The smallest absolute Gasteiger partial charge is 0.0700 e. The minimum Gasteiger partial charge on any atom is -0.377 e. The molecular weight excluding hydrogens is 250 g/mol. The molecule has 1 aromatic rings. The van der Waals surface area contributed by atoms with Gasteiger partial charge in [0, 0.05) is 32.4 Å². The molecule has 0 radical (unpaired) electrons. The number of hydrogen-bond donors (Lipinski definition) is 1. The van der Waals surface area contributed by atoms with Gasteiger partial charge >= 0.3 is 0 Å². The van der Waals surface area contributed by atoms with Gasteiger partial charge in [0.05, 0.1) is 11.8 Å². The van der Waals surface area contributed by atoms with Crippen LogP contribution in [0.2, 0.25) is 0 Å². The van der Waals surface area contributed by atoms with Crippen molar-refractivity contribution < 1.29 is 4.74 Å². The second-order valence-electron chi connectivity index (χ2n) is 5.16. The van der Waals surface area contributed by atoms with E-state index < -0.39 is 0 Å². The quantitative estimate of drug-likeness (QED) is 0.864. The molecule has 1 aromatic heterocycles. The van der Waals surface area contributed by atoms with Crippen LogP contribution in [0.3, 0.4) is 0 Å². The number of nitrogens with one attached hydrogen (secondary N) is 1. The van der Waals surface area contributed by atoms with Crippen molar-refractivity contribution >= 4 is 12.4 Å². The lowest BCUT2D eigenvalue weighted by atomic mass is 10.2. The van der Waals surface area contributed by atoms with Gasteiger partial charge in [0.15, 0.2) is 0 Å². The Labute approximate surface area is 115 Å². The van der Waals surface area contributed by atoms with Crippen LogP contribution in [-0.4, -0.2) is 29.0 Å². The van der Waals surface area contributed by atoms with E-state index in [0.717, 1.165) is 26.2 Å². The van der Waals surface area contributed by atoms with Crippen LogP contribution in [0.25, 0.3) is 0 Å². The van der Waals surface area contributed by atoms with Gasteiger partial charge in [-0.3, -0.25) is 4.68 Å². The molecule has 4 nitrogen and oxygen atoms in total. The van der Waals surface area contributed by atoms with E-state index in [1.807, 2.05) is 6.20 Å². The summed E-state index contributed by atoms with van der Waals surface area (Å²) < 4.78 is 7.67. The molecule has 0 aliphatic carbocycles. The highest BCUT2D eigenvalue weighted by Gasteiger charge is 2.14. The van der Waals surface area contributed by atoms with Crippen LogP contribution >= 0.6 is 12.4 Å². The molecule has 18 heavy (non-hydrogen) atoms. The predicted octanol–water partition coefficient (Wildman–Crippen LogP) is 2.23. The van der Waals surface area contributed by atoms with Gasteiger partial charge in [-0.1, -0.05) is 13.8 Å². The van der Waals surface area contributed by atoms with Crippen LogP contribution in [0.4, 0.5) is 0 Å². The number of hydrogen-bond acceptors (Lipinski definition) is 3. The van der Waals surface area contributed by atoms with E-state index in [9.17, 15) is 0 Å². The van der Waals surface area contributed by atoms with Gasteiger partial charge in [-0.25, -0.2) is 0 Å². The Bertz CT molecular complexity index is 335. The molecule has 0 amide bonds. The number of nitrogens with zero attached hydrogens (tertiary/aromatic N) is 2. The van der Waals surface area contributed by atoms with Crippen LogP contribution in [0, 0.1) is 5.92 Å². The third kappa shape index (κ3) is 4.59. The summed E-state index contributed by atoms with van der Waals surface area (Å²) in [7, 11) is 0. The molecule has 104 valence electrons. The lowest BCUT2D eigenvalue weighted by molar-refractivity contribution is 0.109. The summed E-state index contributed by atoms with van der Waals surface area (Å²) in [6.45, 7) is 8.18. The van der Waals surface area contributed by atoms with E-state index in [0.29, 0.717) is 12.0 Å². The molecule has 2 rings (SSSR count). The highest BCUT2D eigenvalue weighted by atomic mass is 35.5. The Kier molecular flexibility index (Phi) is 6.68. The highest BCUT2D eigenvalue weighted by Crippen LogP contribution is 2.11. The maximum atomic E-state index is 5.58. The maximum absolute atomic E-state index is 5.58. The van der Waals surface area contributed by atoms with Crippen LogP contribution in [0.15, 0.2) is 12.3 Å². The number of aromatic nitrogens is 2. The monoisotopic (exact) mass is 273 g/mol. The van der Waals surface area contributed by atoms with Crippen molar-refractivity contribution in [1.29, 1.82) is 0 Å². The van der Waals surface area contributed by atoms with Crippen molar-refractivity contribution in [2.45, 2.75) is 45.9 Å². The van der Waals surface area contributed by atoms with Crippen LogP contribution in [0.1, 0.15) is 32.4 Å². The molecule has 0 spiro atoms. The number of halogens is 1. The fraction of sp³-hybridized carbons (Fsp3) is 0.769. The van der Waals surface area contributed by atoms with Gasteiger partial charge in [-0.2, -0.15) is 5.10 Å². The van der Waals surface area contributed by atoms with Crippen molar-refractivity contribution in [3.63, 3.8) is 0 Å². The first kappa shape index (κ1) is 15.5. The van der Waals surface area contributed by atoms with Gasteiger partial charge in [0.25, 0.3) is 0 Å². The normalized spacial score (nSPS) is 19.2. The highest BCUT2D eigenvalue weighted by molar-refractivity contribution is 5.85. The Hall–Kier alpha value is -0.580. The summed E-state index contributed by atoms with van der Waals surface area (Å²) in [6, 6.07) is 2.09. The van der Waals surface area contributed by atoms with Gasteiger partial charge in [0.2, 0.25) is 0 Å². The first-order valence-electron chi connectivity index (χ1n) is 6.58. The first-order chi connectivity index (χ1) is 8.25. The topological polar surface area (TPSA) is 39.1 Å². The molecule has 0 saturated carbocycles. The zero-order chi connectivity index (χ0) is 12.1. The van der Waals surface area contributed by atoms with Crippen molar-refractivity contribution in [1.82, 2.24) is 15.1 Å². The Morgan fingerprint density at radius 1 is 1.56 bits per heavy atom. The fourth-order valence-electron chi connectivity index (χ4n) is 2.19. The standard InChI is InChI=1S/C13H23N3O.ClH/c1-11(2)10-16-12(5-6-15-16)8-14-9-13-4-3-7-17-13;/h5-6,11,13-14H,3-4,7-10H2,1-2H3;1H. The molecule has 0 bridgehead atoms. The van der Waals surface area contributed by atoms with Crippen molar-refractivity contribution in [2.75, 3.05) is 13.2 Å². The SMILES string of the molecule is CC(C)Cn1nccc1CNCC1CCCO1.Cl. The molecule has 1 unspecified atom stereocenters. The molecule has 2 heterocycles. The zero-order valence-electron chi connectivity index (χ0n) is 11.3. The van der Waals surface area contributed by atoms with Gasteiger partial charge < -0.3 is 10.1 Å². The lowest BCUT2D eigenvalue weighted by Gasteiger charge is -2.13. The average molecular weight is 274 g/mol. The minimum absolute atomic E-state index is 0. The van der Waals surface area contributed by atoms with Gasteiger partial charge in [-0.05, 0) is 24.8 Å². The molecule has 5 heteroatoms. The molecule has 1 fully saturated rings. The first-order valence-corrected chi connectivity index (χ1v) is 6.58. The third-order valence-corrected chi connectivity index (χ3v) is 3.04. The Morgan fingerprint density at radius 2 is 2.39 bits per heavy atom. The van der Waals surface area contributed by atoms with Crippen LogP contribution in [-0.2, 0) is 17.8 Å². The molecule has 1 aliphatic heterocycles. The second-order valence-corrected chi connectivity index (χ2v) is 5.16. The number of ether oxygens (including phenoxy) is 1. The zero-order valence-corrected chi connectivity index (χ0v) is 12.1.